The van der Waals surface area contributed by atoms with Crippen LogP contribution in [0.25, 0.3) is 0 Å². The Labute approximate surface area is 243 Å². The van der Waals surface area contributed by atoms with Crippen molar-refractivity contribution in [3.8, 4) is 0 Å². The number of thiol groups is 1. The largest absolute Gasteiger partial charge is 0.379 e. The molecule has 3 saturated heterocycles. The monoisotopic (exact) mass is 608 g/mol. The number of ketones is 1. The highest BCUT2D eigenvalue weighted by Gasteiger charge is 2.35. The lowest BCUT2D eigenvalue weighted by atomic mass is 9.92. The van der Waals surface area contributed by atoms with Gasteiger partial charge in [0.25, 0.3) is 0 Å². The maximum Gasteiger partial charge on any atom is 0.189 e. The third-order valence-electron chi connectivity index (χ3n) is 6.59. The summed E-state index contributed by atoms with van der Waals surface area (Å²) in [7, 11) is 0. The van der Waals surface area contributed by atoms with Crippen LogP contribution in [-0.4, -0.2) is 95.0 Å². The zero-order chi connectivity index (χ0) is 27.4. The molecule has 0 aliphatic carbocycles. The highest BCUT2D eigenvalue weighted by atomic mass is 32.2. The van der Waals surface area contributed by atoms with Crippen molar-refractivity contribution in [2.24, 2.45) is 5.41 Å². The highest BCUT2D eigenvalue weighted by Crippen LogP contribution is 2.32. The average molecular weight is 609 g/mol. The topological polar surface area (TPSA) is 105 Å². The third-order valence-corrected chi connectivity index (χ3v) is 10.5. The van der Waals surface area contributed by atoms with Gasteiger partial charge in [-0.05, 0) is 32.6 Å². The quantitative estimate of drug-likeness (QED) is 0.215. The molecule has 0 amide bonds. The molecule has 38 heavy (non-hydrogen) atoms. The SMILES string of the molecule is CC(=O)CCC(S)COCC(COCC1CCC(=O)S1)(COCC1CCC(=O)S1)COCC1CCC(=O)S1. The average Bonchev–Trinajstić information content (AvgIpc) is 3.59. The second-order valence-electron chi connectivity index (χ2n) is 10.4. The molecule has 0 aromatic carbocycles. The van der Waals surface area contributed by atoms with Crippen LogP contribution >= 0.6 is 47.9 Å². The zero-order valence-electron chi connectivity index (χ0n) is 22.1. The van der Waals surface area contributed by atoms with E-state index in [4.69, 9.17) is 18.9 Å². The number of carbonyl (C=O) groups excluding carboxylic acids is 4. The Morgan fingerprint density at radius 2 is 1.18 bits per heavy atom. The second-order valence-corrected chi connectivity index (χ2v) is 15.2. The van der Waals surface area contributed by atoms with Gasteiger partial charge in [0.2, 0.25) is 0 Å². The molecule has 8 nitrogen and oxygen atoms in total. The number of ether oxygens (including phenoxy) is 4. The van der Waals surface area contributed by atoms with Crippen molar-refractivity contribution >= 4 is 69.0 Å². The fraction of sp³-hybridized carbons (Fsp3) is 0.846. The molecule has 0 N–H and O–H groups in total. The lowest BCUT2D eigenvalue weighted by Crippen LogP contribution is -2.43. The number of rotatable bonds is 19. The van der Waals surface area contributed by atoms with Gasteiger partial charge in [-0.1, -0.05) is 35.3 Å². The van der Waals surface area contributed by atoms with Crippen molar-refractivity contribution in [2.75, 3.05) is 52.9 Å². The predicted molar refractivity (Wildman–Crippen MR) is 155 cm³/mol. The van der Waals surface area contributed by atoms with Gasteiger partial charge in [-0.2, -0.15) is 12.6 Å². The first-order valence-corrected chi connectivity index (χ1v) is 16.5. The van der Waals surface area contributed by atoms with Crippen LogP contribution in [0.3, 0.4) is 0 Å². The van der Waals surface area contributed by atoms with E-state index in [0.29, 0.717) is 85.0 Å². The van der Waals surface area contributed by atoms with Gasteiger partial charge in [-0.3, -0.25) is 14.4 Å². The first-order valence-electron chi connectivity index (χ1n) is 13.3. The van der Waals surface area contributed by atoms with Crippen LogP contribution in [0, 0.1) is 5.41 Å². The summed E-state index contributed by atoms with van der Waals surface area (Å²) in [5.74, 6) is 0.128. The lowest BCUT2D eigenvalue weighted by Gasteiger charge is -2.34. The van der Waals surface area contributed by atoms with Crippen LogP contribution in [0.2, 0.25) is 0 Å². The normalized spacial score (nSPS) is 26.3. The van der Waals surface area contributed by atoms with Crippen molar-refractivity contribution in [1.82, 2.24) is 0 Å². The van der Waals surface area contributed by atoms with E-state index in [1.54, 1.807) is 6.92 Å². The van der Waals surface area contributed by atoms with E-state index in [-0.39, 0.29) is 42.1 Å². The van der Waals surface area contributed by atoms with E-state index in [2.05, 4.69) is 12.6 Å². The number of Topliss-reactive ketones (excluding diaryl/α,β-unsaturated/α-hetero) is 1. The van der Waals surface area contributed by atoms with E-state index >= 15 is 0 Å². The smallest absolute Gasteiger partial charge is 0.189 e. The minimum absolute atomic E-state index is 0.0675. The van der Waals surface area contributed by atoms with Crippen molar-refractivity contribution in [2.45, 2.75) is 79.3 Å². The van der Waals surface area contributed by atoms with Crippen LogP contribution < -0.4 is 0 Å². The molecule has 3 fully saturated rings. The standard InChI is InChI=1S/C26H40O8S4/c1-18(27)2-3-19(35)10-31-14-26(15-32-11-20-4-7-23(28)36-20,16-33-12-21-5-8-24(29)37-21)17-34-13-22-6-9-25(30)38-22/h19-22,35H,2-17H2,1H3. The second kappa shape index (κ2) is 17.0. The summed E-state index contributed by atoms with van der Waals surface area (Å²) in [5, 5.41) is 1.00. The molecule has 3 aliphatic rings. The molecule has 12 heteroatoms. The Kier molecular flexibility index (Phi) is 14.5. The van der Waals surface area contributed by atoms with Gasteiger partial charge in [0.05, 0.1) is 58.3 Å². The molecule has 3 rings (SSSR count). The third kappa shape index (κ3) is 12.2. The molecule has 3 heterocycles. The maximum absolute atomic E-state index is 11.7. The van der Waals surface area contributed by atoms with Crippen molar-refractivity contribution in [3.05, 3.63) is 0 Å². The Hall–Kier alpha value is -0.0800. The maximum atomic E-state index is 11.7. The lowest BCUT2D eigenvalue weighted by molar-refractivity contribution is -0.117. The van der Waals surface area contributed by atoms with Crippen molar-refractivity contribution in [3.63, 3.8) is 0 Å². The molecule has 0 bridgehead atoms. The Bertz CT molecular complexity index is 731. The number of carbonyl (C=O) groups is 4. The molecule has 3 aliphatic heterocycles. The molecular formula is C26H40O8S4. The van der Waals surface area contributed by atoms with Crippen LogP contribution in [0.4, 0.5) is 0 Å². The predicted octanol–water partition coefficient (Wildman–Crippen LogP) is 3.97. The minimum Gasteiger partial charge on any atom is -0.379 e. The van der Waals surface area contributed by atoms with Crippen molar-refractivity contribution in [1.29, 1.82) is 0 Å². The summed E-state index contributed by atoms with van der Waals surface area (Å²) in [6, 6.07) is 0. The first kappa shape index (κ1) is 32.4. The highest BCUT2D eigenvalue weighted by molar-refractivity contribution is 8.15. The Balaban J connectivity index is 1.59. The molecule has 216 valence electrons. The molecule has 4 unspecified atom stereocenters. The molecule has 0 saturated carbocycles. The Morgan fingerprint density at radius 1 is 0.789 bits per heavy atom. The number of hydrogen-bond acceptors (Lipinski definition) is 12. The van der Waals surface area contributed by atoms with Crippen LogP contribution in [0.5, 0.6) is 0 Å². The summed E-state index contributed by atoms with van der Waals surface area (Å²) in [6.45, 7) is 4.65. The van der Waals surface area contributed by atoms with E-state index in [1.807, 2.05) is 0 Å². The molecule has 0 radical (unpaired) electrons. The van der Waals surface area contributed by atoms with Gasteiger partial charge < -0.3 is 23.7 Å². The molecule has 0 aromatic rings. The molecule has 4 atom stereocenters. The summed E-state index contributed by atoms with van der Waals surface area (Å²) in [4.78, 5) is 46.3. The van der Waals surface area contributed by atoms with Gasteiger partial charge in [-0.15, -0.1) is 0 Å². The van der Waals surface area contributed by atoms with Crippen LogP contribution in [0.15, 0.2) is 0 Å². The fourth-order valence-electron chi connectivity index (χ4n) is 4.44. The van der Waals surface area contributed by atoms with E-state index in [9.17, 15) is 19.2 Å². The van der Waals surface area contributed by atoms with Gasteiger partial charge in [0.1, 0.15) is 5.78 Å². The van der Waals surface area contributed by atoms with Crippen LogP contribution in [0.1, 0.15) is 58.3 Å². The fourth-order valence-corrected chi connectivity index (χ4v) is 7.69. The van der Waals surface area contributed by atoms with Gasteiger partial charge in [-0.25, -0.2) is 0 Å². The van der Waals surface area contributed by atoms with E-state index in [1.165, 1.54) is 35.3 Å². The summed E-state index contributed by atoms with van der Waals surface area (Å²) >= 11 is 8.63. The first-order chi connectivity index (χ1) is 18.2. The molecular weight excluding hydrogens is 569 g/mol. The van der Waals surface area contributed by atoms with Crippen LogP contribution in [-0.2, 0) is 38.1 Å². The molecule has 0 aromatic heterocycles. The Morgan fingerprint density at radius 3 is 1.53 bits per heavy atom. The van der Waals surface area contributed by atoms with E-state index in [0.717, 1.165) is 19.3 Å². The summed E-state index contributed by atoms with van der Waals surface area (Å²) < 4.78 is 24.6. The van der Waals surface area contributed by atoms with Gasteiger partial charge in [0, 0.05) is 46.7 Å². The van der Waals surface area contributed by atoms with Gasteiger partial charge >= 0.3 is 0 Å². The van der Waals surface area contributed by atoms with E-state index < -0.39 is 5.41 Å². The molecule has 0 spiro atoms. The van der Waals surface area contributed by atoms with Gasteiger partial charge in [0.15, 0.2) is 15.3 Å². The number of thioether (sulfide) groups is 3. The summed E-state index contributed by atoms with van der Waals surface area (Å²) in [5.41, 5.74) is -0.609. The zero-order valence-corrected chi connectivity index (χ0v) is 25.4. The van der Waals surface area contributed by atoms with Crippen molar-refractivity contribution < 1.29 is 38.1 Å². The summed E-state index contributed by atoms with van der Waals surface area (Å²) in [6.07, 6.45) is 5.30. The number of hydrogen-bond donors (Lipinski definition) is 1. The minimum atomic E-state index is -0.609.